The Balaban J connectivity index is 2.09. The van der Waals surface area contributed by atoms with Gasteiger partial charge in [-0.2, -0.15) is 5.26 Å². The summed E-state index contributed by atoms with van der Waals surface area (Å²) < 4.78 is 0. The number of hydrogen-bond donors (Lipinski definition) is 2. The first kappa shape index (κ1) is 16.2. The van der Waals surface area contributed by atoms with Gasteiger partial charge in [0.2, 0.25) is 5.82 Å². The van der Waals surface area contributed by atoms with Crippen molar-refractivity contribution in [2.45, 2.75) is 19.9 Å². The molecule has 1 aromatic carbocycles. The van der Waals surface area contributed by atoms with Crippen LogP contribution in [-0.2, 0) is 6.54 Å². The van der Waals surface area contributed by atoms with E-state index in [0.29, 0.717) is 6.54 Å². The third-order valence-corrected chi connectivity index (χ3v) is 3.22. The minimum atomic E-state index is -0.592. The Morgan fingerprint density at radius 2 is 2.00 bits per heavy atom. The van der Waals surface area contributed by atoms with Crippen molar-refractivity contribution in [3.8, 4) is 6.07 Å². The molecule has 0 amide bonds. The third-order valence-electron chi connectivity index (χ3n) is 3.22. The minimum Gasteiger partial charge on any atom is -0.385 e. The van der Waals surface area contributed by atoms with Crippen molar-refractivity contribution in [2.75, 3.05) is 17.2 Å². The monoisotopic (exact) mass is 311 g/mol. The number of anilines is 2. The number of nitro groups is 1. The molecule has 0 aliphatic carbocycles. The average molecular weight is 311 g/mol. The van der Waals surface area contributed by atoms with E-state index in [-0.39, 0.29) is 17.1 Å². The van der Waals surface area contributed by atoms with Crippen molar-refractivity contribution in [2.24, 2.45) is 0 Å². The highest BCUT2D eigenvalue weighted by atomic mass is 16.6. The predicted octanol–water partition coefficient (Wildman–Crippen LogP) is 3.30. The lowest BCUT2D eigenvalue weighted by molar-refractivity contribution is -0.384. The molecule has 0 fully saturated rings. The Hall–Kier alpha value is -3.14. The second-order valence-electron chi connectivity index (χ2n) is 4.90. The lowest BCUT2D eigenvalue weighted by atomic mass is 10.2. The molecule has 0 aliphatic heterocycles. The van der Waals surface area contributed by atoms with Gasteiger partial charge in [-0.1, -0.05) is 19.1 Å². The van der Waals surface area contributed by atoms with Gasteiger partial charge in [0, 0.05) is 25.0 Å². The first-order valence-corrected chi connectivity index (χ1v) is 7.26. The van der Waals surface area contributed by atoms with E-state index in [1.54, 1.807) is 0 Å². The van der Waals surface area contributed by atoms with Gasteiger partial charge >= 0.3 is 5.69 Å². The van der Waals surface area contributed by atoms with Crippen molar-refractivity contribution in [1.29, 1.82) is 5.26 Å². The SMILES string of the molecule is CCCNc1ccc(CNc2nccc(C#N)c2[N+](=O)[O-])cc1. The van der Waals surface area contributed by atoms with Crippen LogP contribution in [-0.4, -0.2) is 16.5 Å². The molecule has 7 heteroatoms. The van der Waals surface area contributed by atoms with Gasteiger partial charge in [-0.25, -0.2) is 4.98 Å². The zero-order chi connectivity index (χ0) is 16.7. The van der Waals surface area contributed by atoms with Crippen LogP contribution >= 0.6 is 0 Å². The van der Waals surface area contributed by atoms with E-state index in [0.717, 1.165) is 24.2 Å². The highest BCUT2D eigenvalue weighted by molar-refractivity contribution is 5.64. The maximum absolute atomic E-state index is 11.1. The van der Waals surface area contributed by atoms with Gasteiger partial charge < -0.3 is 10.6 Å². The molecular weight excluding hydrogens is 294 g/mol. The number of nitriles is 1. The second kappa shape index (κ2) is 7.75. The number of hydrogen-bond acceptors (Lipinski definition) is 6. The molecular formula is C16H17N5O2. The van der Waals surface area contributed by atoms with Crippen LogP contribution in [0.2, 0.25) is 0 Å². The van der Waals surface area contributed by atoms with Gasteiger partial charge in [0.1, 0.15) is 11.6 Å². The molecule has 0 saturated carbocycles. The number of nitrogens with zero attached hydrogens (tertiary/aromatic N) is 3. The number of rotatable bonds is 7. The lowest BCUT2D eigenvalue weighted by Crippen LogP contribution is -2.06. The highest BCUT2D eigenvalue weighted by Gasteiger charge is 2.20. The zero-order valence-electron chi connectivity index (χ0n) is 12.7. The maximum Gasteiger partial charge on any atom is 0.328 e. The molecule has 7 nitrogen and oxygen atoms in total. The normalized spacial score (nSPS) is 9.91. The van der Waals surface area contributed by atoms with Crippen molar-refractivity contribution >= 4 is 17.2 Å². The zero-order valence-corrected chi connectivity index (χ0v) is 12.7. The molecule has 0 saturated heterocycles. The van der Waals surface area contributed by atoms with E-state index >= 15 is 0 Å². The van der Waals surface area contributed by atoms with Crippen LogP contribution in [0.4, 0.5) is 17.2 Å². The fraction of sp³-hybridized carbons (Fsp3) is 0.250. The molecule has 0 bridgehead atoms. The number of aromatic nitrogens is 1. The maximum atomic E-state index is 11.1. The predicted molar refractivity (Wildman–Crippen MR) is 88.2 cm³/mol. The molecule has 2 aromatic rings. The Morgan fingerprint density at radius 1 is 1.26 bits per heavy atom. The van der Waals surface area contributed by atoms with Crippen molar-refractivity contribution in [3.05, 3.63) is 57.8 Å². The summed E-state index contributed by atoms with van der Waals surface area (Å²) in [4.78, 5) is 14.5. The largest absolute Gasteiger partial charge is 0.385 e. The quantitative estimate of drug-likeness (QED) is 0.600. The third kappa shape index (κ3) is 4.17. The minimum absolute atomic E-state index is 0.00777. The number of benzene rings is 1. The van der Waals surface area contributed by atoms with Gasteiger partial charge in [-0.05, 0) is 30.2 Å². The van der Waals surface area contributed by atoms with Gasteiger partial charge in [0.15, 0.2) is 0 Å². The standard InChI is InChI=1S/C16H17N5O2/c1-2-8-18-14-5-3-12(4-6-14)11-20-16-15(21(22)23)13(10-17)7-9-19-16/h3-7,9,18H,2,8,11H2,1H3,(H,19,20). The van der Waals surface area contributed by atoms with E-state index in [9.17, 15) is 10.1 Å². The number of nitrogens with one attached hydrogen (secondary N) is 2. The summed E-state index contributed by atoms with van der Waals surface area (Å²) in [7, 11) is 0. The molecule has 1 aromatic heterocycles. The Kier molecular flexibility index (Phi) is 5.47. The molecule has 2 rings (SSSR count). The second-order valence-corrected chi connectivity index (χ2v) is 4.90. The van der Waals surface area contributed by atoms with E-state index < -0.39 is 4.92 Å². The van der Waals surface area contributed by atoms with E-state index in [1.165, 1.54) is 12.3 Å². The summed E-state index contributed by atoms with van der Waals surface area (Å²) in [6.45, 7) is 3.39. The fourth-order valence-corrected chi connectivity index (χ4v) is 2.05. The molecule has 118 valence electrons. The van der Waals surface area contributed by atoms with Crippen LogP contribution in [0.1, 0.15) is 24.5 Å². The van der Waals surface area contributed by atoms with Crippen LogP contribution in [0, 0.1) is 21.4 Å². The molecule has 1 heterocycles. The van der Waals surface area contributed by atoms with E-state index in [4.69, 9.17) is 5.26 Å². The molecule has 0 unspecified atom stereocenters. The van der Waals surface area contributed by atoms with Crippen molar-refractivity contribution in [3.63, 3.8) is 0 Å². The molecule has 0 atom stereocenters. The Morgan fingerprint density at radius 3 is 2.61 bits per heavy atom. The van der Waals surface area contributed by atoms with Gasteiger partial charge in [0.25, 0.3) is 0 Å². The molecule has 2 N–H and O–H groups in total. The topological polar surface area (TPSA) is 104 Å². The van der Waals surface area contributed by atoms with Crippen molar-refractivity contribution in [1.82, 2.24) is 4.98 Å². The van der Waals surface area contributed by atoms with Gasteiger partial charge in [-0.3, -0.25) is 10.1 Å². The summed E-state index contributed by atoms with van der Waals surface area (Å²) in [5.41, 5.74) is 1.69. The summed E-state index contributed by atoms with van der Waals surface area (Å²) in [6.07, 6.45) is 2.43. The fourth-order valence-electron chi connectivity index (χ4n) is 2.05. The molecule has 23 heavy (non-hydrogen) atoms. The Bertz CT molecular complexity index is 722. The summed E-state index contributed by atoms with van der Waals surface area (Å²) in [5, 5.41) is 26.3. The van der Waals surface area contributed by atoms with Crippen LogP contribution in [0.15, 0.2) is 36.5 Å². The van der Waals surface area contributed by atoms with Crippen LogP contribution in [0.5, 0.6) is 0 Å². The smallest absolute Gasteiger partial charge is 0.328 e. The molecule has 0 aliphatic rings. The summed E-state index contributed by atoms with van der Waals surface area (Å²) >= 11 is 0. The Labute approximate surface area is 134 Å². The van der Waals surface area contributed by atoms with Crippen LogP contribution in [0.3, 0.4) is 0 Å². The lowest BCUT2D eigenvalue weighted by Gasteiger charge is -2.08. The first-order valence-electron chi connectivity index (χ1n) is 7.26. The van der Waals surface area contributed by atoms with Crippen LogP contribution < -0.4 is 10.6 Å². The average Bonchev–Trinajstić information content (AvgIpc) is 2.58. The van der Waals surface area contributed by atoms with Crippen molar-refractivity contribution < 1.29 is 4.92 Å². The van der Waals surface area contributed by atoms with E-state index in [2.05, 4.69) is 22.5 Å². The first-order chi connectivity index (χ1) is 11.2. The molecule has 0 radical (unpaired) electrons. The summed E-state index contributed by atoms with van der Waals surface area (Å²) in [5.74, 6) is 0.0993. The molecule has 0 spiro atoms. The van der Waals surface area contributed by atoms with Gasteiger partial charge in [0.05, 0.1) is 4.92 Å². The van der Waals surface area contributed by atoms with E-state index in [1.807, 2.05) is 30.3 Å². The summed E-state index contributed by atoms with van der Waals surface area (Å²) in [6, 6.07) is 10.9. The number of pyridine rings is 1. The van der Waals surface area contributed by atoms with Gasteiger partial charge in [-0.15, -0.1) is 0 Å². The van der Waals surface area contributed by atoms with Crippen LogP contribution in [0.25, 0.3) is 0 Å². The highest BCUT2D eigenvalue weighted by Crippen LogP contribution is 2.26.